The van der Waals surface area contributed by atoms with E-state index < -0.39 is 5.54 Å². The molecule has 0 spiro atoms. The van der Waals surface area contributed by atoms with E-state index in [1.54, 1.807) is 12.3 Å². The average Bonchev–Trinajstić information content (AvgIpc) is 3.13. The highest BCUT2D eigenvalue weighted by Gasteiger charge is 2.22. The summed E-state index contributed by atoms with van der Waals surface area (Å²) in [6.07, 6.45) is 5.04. The molecule has 2 aromatic heterocycles. The molecular weight excluding hydrogens is 378 g/mol. The van der Waals surface area contributed by atoms with Crippen molar-refractivity contribution in [1.29, 1.82) is 0 Å². The summed E-state index contributed by atoms with van der Waals surface area (Å²) in [5.41, 5.74) is 7.39. The smallest absolute Gasteiger partial charge is 0.232 e. The molecule has 8 heteroatoms. The number of pyridine rings is 1. The van der Waals surface area contributed by atoms with Crippen molar-refractivity contribution >= 4 is 17.4 Å². The van der Waals surface area contributed by atoms with Gasteiger partial charge in [-0.3, -0.25) is 0 Å². The first-order chi connectivity index (χ1) is 13.3. The maximum atomic E-state index is 6.39. The van der Waals surface area contributed by atoms with Crippen molar-refractivity contribution < 1.29 is 9.47 Å². The fraction of sp³-hybridized carbons (Fsp3) is 0.550. The van der Waals surface area contributed by atoms with Crippen LogP contribution in [0.15, 0.2) is 24.7 Å². The van der Waals surface area contributed by atoms with Crippen molar-refractivity contribution in [2.75, 3.05) is 25.1 Å². The maximum Gasteiger partial charge on any atom is 0.232 e. The molecule has 0 amide bonds. The molecule has 7 nitrogen and oxygen atoms in total. The van der Waals surface area contributed by atoms with E-state index in [0.29, 0.717) is 30.0 Å². The van der Waals surface area contributed by atoms with Gasteiger partial charge in [-0.25, -0.2) is 15.0 Å². The Kier molecular flexibility index (Phi) is 6.69. The zero-order valence-corrected chi connectivity index (χ0v) is 17.4. The van der Waals surface area contributed by atoms with Crippen LogP contribution < -0.4 is 15.8 Å². The zero-order chi connectivity index (χ0) is 20.1. The second-order valence-corrected chi connectivity index (χ2v) is 8.45. The topological polar surface area (TPSA) is 95.2 Å². The molecule has 1 fully saturated rings. The molecule has 1 aliphatic rings. The molecule has 1 aliphatic heterocycles. The Morgan fingerprint density at radius 1 is 1.36 bits per heavy atom. The summed E-state index contributed by atoms with van der Waals surface area (Å²) in [6, 6.07) is 3.95. The van der Waals surface area contributed by atoms with Gasteiger partial charge in [0, 0.05) is 30.0 Å². The van der Waals surface area contributed by atoms with Gasteiger partial charge in [0.05, 0.1) is 18.3 Å². The molecule has 2 atom stereocenters. The summed E-state index contributed by atoms with van der Waals surface area (Å²) < 4.78 is 11.2. The van der Waals surface area contributed by atoms with E-state index in [4.69, 9.17) is 26.8 Å². The monoisotopic (exact) mass is 405 g/mol. The van der Waals surface area contributed by atoms with Crippen LogP contribution in [0.5, 0.6) is 5.88 Å². The second kappa shape index (κ2) is 9.03. The molecule has 1 saturated heterocycles. The SMILES string of the molecule is CC(C)CC(C)(N)COc1ncc(-c2cc(NC3CCOC3)ncn2)cc1Cl. The van der Waals surface area contributed by atoms with Crippen LogP contribution in [0.25, 0.3) is 11.3 Å². The van der Waals surface area contributed by atoms with Gasteiger partial charge in [-0.2, -0.15) is 0 Å². The van der Waals surface area contributed by atoms with Crippen molar-refractivity contribution in [2.24, 2.45) is 11.7 Å². The van der Waals surface area contributed by atoms with Crippen LogP contribution in [0, 0.1) is 5.92 Å². The Hall–Kier alpha value is -1.96. The highest BCUT2D eigenvalue weighted by atomic mass is 35.5. The normalized spacial score (nSPS) is 18.9. The van der Waals surface area contributed by atoms with Crippen molar-refractivity contribution in [1.82, 2.24) is 15.0 Å². The van der Waals surface area contributed by atoms with E-state index in [-0.39, 0.29) is 6.04 Å². The minimum Gasteiger partial charge on any atom is -0.475 e. The first kappa shape index (κ1) is 20.8. The molecule has 3 heterocycles. The molecule has 28 heavy (non-hydrogen) atoms. The van der Waals surface area contributed by atoms with Gasteiger partial charge < -0.3 is 20.5 Å². The van der Waals surface area contributed by atoms with Crippen LogP contribution in [0.2, 0.25) is 5.02 Å². The molecule has 2 unspecified atom stereocenters. The van der Waals surface area contributed by atoms with Gasteiger partial charge >= 0.3 is 0 Å². The molecule has 0 saturated carbocycles. The van der Waals surface area contributed by atoms with E-state index in [0.717, 1.165) is 36.5 Å². The summed E-state index contributed by atoms with van der Waals surface area (Å²) in [6.45, 7) is 8.05. The lowest BCUT2D eigenvalue weighted by molar-refractivity contribution is 0.195. The van der Waals surface area contributed by atoms with Gasteiger partial charge in [-0.1, -0.05) is 25.4 Å². The highest BCUT2D eigenvalue weighted by Crippen LogP contribution is 2.28. The zero-order valence-electron chi connectivity index (χ0n) is 16.6. The number of halogens is 1. The Morgan fingerprint density at radius 2 is 2.18 bits per heavy atom. The average molecular weight is 406 g/mol. The third-order valence-electron chi connectivity index (χ3n) is 4.47. The number of nitrogens with one attached hydrogen (secondary N) is 1. The number of anilines is 1. The fourth-order valence-corrected chi connectivity index (χ4v) is 3.57. The van der Waals surface area contributed by atoms with E-state index in [1.165, 1.54) is 6.33 Å². The van der Waals surface area contributed by atoms with Gasteiger partial charge in [-0.05, 0) is 31.7 Å². The fourth-order valence-electron chi connectivity index (χ4n) is 3.35. The quantitative estimate of drug-likeness (QED) is 0.693. The van der Waals surface area contributed by atoms with Crippen LogP contribution in [0.1, 0.15) is 33.6 Å². The van der Waals surface area contributed by atoms with E-state index in [1.807, 2.05) is 13.0 Å². The highest BCUT2D eigenvalue weighted by molar-refractivity contribution is 6.32. The molecular formula is C20H28ClN5O2. The molecule has 3 N–H and O–H groups in total. The molecule has 3 rings (SSSR count). The minimum atomic E-state index is -0.435. The minimum absolute atomic E-state index is 0.275. The molecule has 0 aliphatic carbocycles. The Labute approximate surface area is 171 Å². The van der Waals surface area contributed by atoms with Gasteiger partial charge in [0.2, 0.25) is 5.88 Å². The van der Waals surface area contributed by atoms with Crippen molar-refractivity contribution in [3.63, 3.8) is 0 Å². The summed E-state index contributed by atoms with van der Waals surface area (Å²) in [5, 5.41) is 3.79. The summed E-state index contributed by atoms with van der Waals surface area (Å²) in [5.74, 6) is 1.62. The Morgan fingerprint density at radius 3 is 2.86 bits per heavy atom. The lowest BCUT2D eigenvalue weighted by atomic mass is 9.93. The number of nitrogens with two attached hydrogens (primary N) is 1. The third kappa shape index (κ3) is 5.77. The van der Waals surface area contributed by atoms with Gasteiger partial charge in [0.1, 0.15) is 23.8 Å². The van der Waals surface area contributed by atoms with Gasteiger partial charge in [-0.15, -0.1) is 0 Å². The van der Waals surface area contributed by atoms with E-state index in [2.05, 4.69) is 34.1 Å². The molecule has 2 aromatic rings. The summed E-state index contributed by atoms with van der Waals surface area (Å²) in [4.78, 5) is 13.0. The molecule has 0 bridgehead atoms. The largest absolute Gasteiger partial charge is 0.475 e. The van der Waals surface area contributed by atoms with Crippen LogP contribution in [0.3, 0.4) is 0 Å². The third-order valence-corrected chi connectivity index (χ3v) is 4.74. The number of nitrogens with zero attached hydrogens (tertiary/aromatic N) is 3. The van der Waals surface area contributed by atoms with E-state index in [9.17, 15) is 0 Å². The lowest BCUT2D eigenvalue weighted by Crippen LogP contribution is -2.43. The molecule has 152 valence electrons. The predicted octanol–water partition coefficient (Wildman–Crippen LogP) is 3.54. The van der Waals surface area contributed by atoms with Crippen LogP contribution in [0.4, 0.5) is 5.82 Å². The lowest BCUT2D eigenvalue weighted by Gasteiger charge is -2.26. The van der Waals surface area contributed by atoms with Crippen molar-refractivity contribution in [3.05, 3.63) is 29.7 Å². The van der Waals surface area contributed by atoms with E-state index >= 15 is 0 Å². The number of hydrogen-bond donors (Lipinski definition) is 2. The van der Waals surface area contributed by atoms with Crippen molar-refractivity contribution in [2.45, 2.75) is 45.2 Å². The number of rotatable bonds is 8. The summed E-state index contributed by atoms with van der Waals surface area (Å²) >= 11 is 6.39. The first-order valence-corrected chi connectivity index (χ1v) is 9.94. The molecule has 0 aromatic carbocycles. The number of hydrogen-bond acceptors (Lipinski definition) is 7. The van der Waals surface area contributed by atoms with Crippen LogP contribution in [-0.4, -0.2) is 46.4 Å². The number of ether oxygens (including phenoxy) is 2. The van der Waals surface area contributed by atoms with Crippen LogP contribution >= 0.6 is 11.6 Å². The standard InChI is InChI=1S/C20H28ClN5O2/c1-13(2)8-20(3,22)11-28-19-16(21)6-14(9-23-19)17-7-18(25-12-24-17)26-15-4-5-27-10-15/h6-7,9,12-13,15H,4-5,8,10-11,22H2,1-3H3,(H,24,25,26). The summed E-state index contributed by atoms with van der Waals surface area (Å²) in [7, 11) is 0. The van der Waals surface area contributed by atoms with Gasteiger partial charge in [0.25, 0.3) is 0 Å². The Balaban J connectivity index is 1.68. The van der Waals surface area contributed by atoms with Gasteiger partial charge in [0.15, 0.2) is 0 Å². The maximum absolute atomic E-state index is 6.39. The predicted molar refractivity (Wildman–Crippen MR) is 111 cm³/mol. The van der Waals surface area contributed by atoms with Crippen LogP contribution in [-0.2, 0) is 4.74 Å². The first-order valence-electron chi connectivity index (χ1n) is 9.56. The molecule has 0 radical (unpaired) electrons. The van der Waals surface area contributed by atoms with Crippen molar-refractivity contribution in [3.8, 4) is 17.1 Å². The Bertz CT molecular complexity index is 794. The second-order valence-electron chi connectivity index (χ2n) is 8.04. The number of aromatic nitrogens is 3.